The van der Waals surface area contributed by atoms with Gasteiger partial charge in [-0.2, -0.15) is 0 Å². The molecule has 0 aliphatic rings. The van der Waals surface area contributed by atoms with Crippen LogP contribution in [-0.4, -0.2) is 5.11 Å². The molecule has 0 aromatic heterocycles. The molecule has 0 saturated heterocycles. The van der Waals surface area contributed by atoms with E-state index in [1.807, 2.05) is 43.3 Å². The Balaban J connectivity index is 2.25. The average molecular weight is 254 g/mol. The summed E-state index contributed by atoms with van der Waals surface area (Å²) in [5.41, 5.74) is 4.52. The highest BCUT2D eigenvalue weighted by Crippen LogP contribution is 2.26. The first kappa shape index (κ1) is 13.8. The highest BCUT2D eigenvalue weighted by molar-refractivity contribution is 5.34. The van der Waals surface area contributed by atoms with Gasteiger partial charge in [0.2, 0.25) is 0 Å². The van der Waals surface area contributed by atoms with Crippen LogP contribution in [0.15, 0.2) is 48.5 Å². The van der Waals surface area contributed by atoms with Crippen molar-refractivity contribution in [1.82, 2.24) is 0 Å². The van der Waals surface area contributed by atoms with Gasteiger partial charge in [0.25, 0.3) is 0 Å². The highest BCUT2D eigenvalue weighted by Gasteiger charge is 2.15. The van der Waals surface area contributed by atoms with Gasteiger partial charge >= 0.3 is 0 Å². The molecule has 0 bridgehead atoms. The molecule has 0 heterocycles. The summed E-state index contributed by atoms with van der Waals surface area (Å²) >= 11 is 0. The van der Waals surface area contributed by atoms with Crippen molar-refractivity contribution in [3.05, 3.63) is 70.8 Å². The van der Waals surface area contributed by atoms with Crippen LogP contribution < -0.4 is 0 Å². The van der Waals surface area contributed by atoms with Crippen molar-refractivity contribution in [2.24, 2.45) is 0 Å². The van der Waals surface area contributed by atoms with Gasteiger partial charge in [0.15, 0.2) is 0 Å². The van der Waals surface area contributed by atoms with Gasteiger partial charge in [-0.15, -0.1) is 0 Å². The third kappa shape index (κ3) is 3.24. The SMILES string of the molecule is Cc1ccc([C@@H](O)c2ccc(C(C)(C)C)cc2)cc1. The fraction of sp³-hybridized carbons (Fsp3) is 0.333. The lowest BCUT2D eigenvalue weighted by Gasteiger charge is -2.20. The van der Waals surface area contributed by atoms with Crippen molar-refractivity contribution in [2.45, 2.75) is 39.2 Å². The average Bonchev–Trinajstić information content (AvgIpc) is 2.38. The van der Waals surface area contributed by atoms with Gasteiger partial charge in [-0.1, -0.05) is 74.9 Å². The predicted octanol–water partition coefficient (Wildman–Crippen LogP) is 4.37. The maximum Gasteiger partial charge on any atom is 0.104 e. The fourth-order valence-electron chi connectivity index (χ4n) is 2.11. The summed E-state index contributed by atoms with van der Waals surface area (Å²) in [5.74, 6) is 0. The van der Waals surface area contributed by atoms with Crippen molar-refractivity contribution in [2.75, 3.05) is 0 Å². The highest BCUT2D eigenvalue weighted by atomic mass is 16.3. The molecule has 0 unspecified atom stereocenters. The van der Waals surface area contributed by atoms with E-state index in [0.717, 1.165) is 11.1 Å². The van der Waals surface area contributed by atoms with Gasteiger partial charge in [0, 0.05) is 0 Å². The minimum absolute atomic E-state index is 0.146. The second-order valence-corrected chi connectivity index (χ2v) is 6.19. The maximum absolute atomic E-state index is 10.4. The largest absolute Gasteiger partial charge is 0.384 e. The Bertz CT molecular complexity index is 529. The summed E-state index contributed by atoms with van der Waals surface area (Å²) in [6.07, 6.45) is -0.547. The predicted molar refractivity (Wildman–Crippen MR) is 80.4 cm³/mol. The monoisotopic (exact) mass is 254 g/mol. The zero-order valence-electron chi connectivity index (χ0n) is 12.1. The molecule has 1 atom stereocenters. The van der Waals surface area contributed by atoms with Crippen LogP contribution in [0, 0.1) is 6.92 Å². The summed E-state index contributed by atoms with van der Waals surface area (Å²) in [6, 6.07) is 16.3. The van der Waals surface area contributed by atoms with Crippen LogP contribution in [0.25, 0.3) is 0 Å². The van der Waals surface area contributed by atoms with Gasteiger partial charge in [0.1, 0.15) is 6.10 Å². The number of aliphatic hydroxyl groups excluding tert-OH is 1. The van der Waals surface area contributed by atoms with Crippen LogP contribution in [-0.2, 0) is 5.41 Å². The quantitative estimate of drug-likeness (QED) is 0.843. The smallest absolute Gasteiger partial charge is 0.104 e. The van der Waals surface area contributed by atoms with Crippen molar-refractivity contribution in [1.29, 1.82) is 0 Å². The molecule has 1 nitrogen and oxygen atoms in total. The number of benzene rings is 2. The second-order valence-electron chi connectivity index (χ2n) is 6.19. The van der Waals surface area contributed by atoms with Crippen LogP contribution in [0.5, 0.6) is 0 Å². The molecule has 0 aliphatic heterocycles. The first-order chi connectivity index (χ1) is 8.88. The molecule has 0 aliphatic carbocycles. The van der Waals surface area contributed by atoms with Gasteiger partial charge in [-0.3, -0.25) is 0 Å². The van der Waals surface area contributed by atoms with E-state index >= 15 is 0 Å². The lowest BCUT2D eigenvalue weighted by molar-refractivity contribution is 0.220. The summed E-state index contributed by atoms with van der Waals surface area (Å²) in [7, 11) is 0. The number of hydrogen-bond donors (Lipinski definition) is 1. The Morgan fingerprint density at radius 1 is 0.789 bits per heavy atom. The summed E-state index contributed by atoms with van der Waals surface area (Å²) in [4.78, 5) is 0. The number of aryl methyl sites for hydroxylation is 1. The summed E-state index contributed by atoms with van der Waals surface area (Å²) in [6.45, 7) is 8.63. The van der Waals surface area contributed by atoms with E-state index in [1.54, 1.807) is 0 Å². The van der Waals surface area contributed by atoms with Crippen LogP contribution in [0.3, 0.4) is 0 Å². The Morgan fingerprint density at radius 2 is 1.21 bits per heavy atom. The molecule has 2 aromatic rings. The zero-order chi connectivity index (χ0) is 14.0. The molecule has 2 rings (SSSR count). The Labute approximate surface area is 115 Å². The lowest BCUT2D eigenvalue weighted by atomic mass is 9.86. The fourth-order valence-corrected chi connectivity index (χ4v) is 2.11. The molecular weight excluding hydrogens is 232 g/mol. The van der Waals surface area contributed by atoms with E-state index in [9.17, 15) is 5.11 Å². The van der Waals surface area contributed by atoms with E-state index in [0.29, 0.717) is 0 Å². The molecule has 2 aromatic carbocycles. The van der Waals surface area contributed by atoms with Crippen molar-refractivity contribution in [3.8, 4) is 0 Å². The molecule has 19 heavy (non-hydrogen) atoms. The minimum Gasteiger partial charge on any atom is -0.384 e. The molecule has 0 fully saturated rings. The Hall–Kier alpha value is -1.60. The lowest BCUT2D eigenvalue weighted by Crippen LogP contribution is -2.11. The van der Waals surface area contributed by atoms with E-state index in [4.69, 9.17) is 0 Å². The van der Waals surface area contributed by atoms with E-state index in [1.165, 1.54) is 11.1 Å². The normalized spacial score (nSPS) is 13.3. The molecule has 0 spiro atoms. The van der Waals surface area contributed by atoms with E-state index in [2.05, 4.69) is 32.9 Å². The van der Waals surface area contributed by atoms with Crippen molar-refractivity contribution < 1.29 is 5.11 Å². The van der Waals surface area contributed by atoms with Crippen molar-refractivity contribution in [3.63, 3.8) is 0 Å². The first-order valence-corrected chi connectivity index (χ1v) is 6.73. The standard InChI is InChI=1S/C18H22O/c1-13-5-7-14(8-6-13)17(19)15-9-11-16(12-10-15)18(2,3)4/h5-12,17,19H,1-4H3/t17-/m1/s1. The molecule has 0 saturated carbocycles. The van der Waals surface area contributed by atoms with Gasteiger partial charge in [0.05, 0.1) is 0 Å². The maximum atomic E-state index is 10.4. The number of aliphatic hydroxyl groups is 1. The first-order valence-electron chi connectivity index (χ1n) is 6.73. The van der Waals surface area contributed by atoms with E-state index in [-0.39, 0.29) is 5.41 Å². The topological polar surface area (TPSA) is 20.2 Å². The zero-order valence-corrected chi connectivity index (χ0v) is 12.1. The molecule has 0 radical (unpaired) electrons. The molecular formula is C18H22O. The Kier molecular flexibility index (Phi) is 3.77. The van der Waals surface area contributed by atoms with Gasteiger partial charge in [-0.25, -0.2) is 0 Å². The Morgan fingerprint density at radius 3 is 1.63 bits per heavy atom. The molecule has 0 amide bonds. The molecule has 1 N–H and O–H groups in total. The number of rotatable bonds is 2. The summed E-state index contributed by atoms with van der Waals surface area (Å²) in [5, 5.41) is 10.4. The molecule has 100 valence electrons. The van der Waals surface area contributed by atoms with Crippen LogP contribution >= 0.6 is 0 Å². The van der Waals surface area contributed by atoms with Gasteiger partial charge < -0.3 is 5.11 Å². The minimum atomic E-state index is -0.547. The van der Waals surface area contributed by atoms with Crippen LogP contribution in [0.4, 0.5) is 0 Å². The van der Waals surface area contributed by atoms with Crippen LogP contribution in [0.2, 0.25) is 0 Å². The molecule has 1 heteroatoms. The third-order valence-electron chi connectivity index (χ3n) is 3.49. The van der Waals surface area contributed by atoms with E-state index < -0.39 is 6.10 Å². The summed E-state index contributed by atoms with van der Waals surface area (Å²) < 4.78 is 0. The van der Waals surface area contributed by atoms with Crippen LogP contribution in [0.1, 0.15) is 49.1 Å². The third-order valence-corrected chi connectivity index (χ3v) is 3.49. The van der Waals surface area contributed by atoms with Gasteiger partial charge in [-0.05, 0) is 29.0 Å². The number of hydrogen-bond acceptors (Lipinski definition) is 1. The van der Waals surface area contributed by atoms with Crippen molar-refractivity contribution >= 4 is 0 Å². The second kappa shape index (κ2) is 5.18.